The SMILES string of the molecule is CC1(C)CCCN(C(=O)C(c2ccccc2)n2cnc(NC(=O)C(COCc3ccccc3)NC(=O)C(C)(C)N)c2)C1. The highest BCUT2D eigenvalue weighted by molar-refractivity contribution is 5.98. The minimum absolute atomic E-state index is 0.0196. The number of hydrogen-bond acceptors (Lipinski definition) is 6. The molecule has 1 fully saturated rings. The van der Waals surface area contributed by atoms with Crippen molar-refractivity contribution in [2.45, 2.75) is 64.8 Å². The topological polar surface area (TPSA) is 132 Å². The van der Waals surface area contributed by atoms with Crippen LogP contribution in [0.2, 0.25) is 0 Å². The molecule has 0 spiro atoms. The second-order valence-electron chi connectivity index (χ2n) is 12.3. The van der Waals surface area contributed by atoms with Crippen LogP contribution in [-0.4, -0.2) is 63.4 Å². The fraction of sp³-hybridized carbons (Fsp3) is 0.438. The van der Waals surface area contributed by atoms with Crippen molar-refractivity contribution in [3.05, 3.63) is 84.3 Å². The van der Waals surface area contributed by atoms with Crippen molar-refractivity contribution < 1.29 is 19.1 Å². The van der Waals surface area contributed by atoms with E-state index in [2.05, 4.69) is 29.5 Å². The van der Waals surface area contributed by atoms with Gasteiger partial charge in [-0.15, -0.1) is 0 Å². The van der Waals surface area contributed by atoms with E-state index in [0.717, 1.165) is 24.0 Å². The maximum absolute atomic E-state index is 13.9. The van der Waals surface area contributed by atoms with Gasteiger partial charge in [0.1, 0.15) is 12.1 Å². The molecule has 10 nitrogen and oxygen atoms in total. The molecule has 2 aromatic carbocycles. The summed E-state index contributed by atoms with van der Waals surface area (Å²) in [5.74, 6) is -0.766. The first-order valence-electron chi connectivity index (χ1n) is 14.3. The van der Waals surface area contributed by atoms with Crippen LogP contribution < -0.4 is 16.4 Å². The van der Waals surface area contributed by atoms with Gasteiger partial charge in [-0.1, -0.05) is 74.5 Å². The van der Waals surface area contributed by atoms with Crippen molar-refractivity contribution in [1.29, 1.82) is 0 Å². The van der Waals surface area contributed by atoms with Gasteiger partial charge in [-0.3, -0.25) is 14.4 Å². The van der Waals surface area contributed by atoms with Crippen molar-refractivity contribution in [2.75, 3.05) is 25.0 Å². The first-order chi connectivity index (χ1) is 19.9. The van der Waals surface area contributed by atoms with E-state index in [1.54, 1.807) is 30.9 Å². The number of nitrogens with zero attached hydrogens (tertiary/aromatic N) is 3. The molecule has 10 heteroatoms. The van der Waals surface area contributed by atoms with E-state index < -0.39 is 29.4 Å². The molecule has 1 aliphatic heterocycles. The number of hydrogen-bond donors (Lipinski definition) is 3. The molecule has 42 heavy (non-hydrogen) atoms. The molecule has 0 aliphatic carbocycles. The van der Waals surface area contributed by atoms with E-state index in [1.165, 1.54) is 0 Å². The van der Waals surface area contributed by atoms with Crippen molar-refractivity contribution >= 4 is 23.5 Å². The monoisotopic (exact) mass is 574 g/mol. The van der Waals surface area contributed by atoms with Crippen molar-refractivity contribution in [2.24, 2.45) is 11.1 Å². The zero-order valence-electron chi connectivity index (χ0n) is 24.9. The van der Waals surface area contributed by atoms with Gasteiger partial charge in [0, 0.05) is 19.3 Å². The largest absolute Gasteiger partial charge is 0.374 e. The van der Waals surface area contributed by atoms with Crippen LogP contribution in [0.1, 0.15) is 57.7 Å². The molecule has 2 heterocycles. The van der Waals surface area contributed by atoms with Gasteiger partial charge in [0.25, 0.3) is 5.91 Å². The maximum Gasteiger partial charge on any atom is 0.250 e. The lowest BCUT2D eigenvalue weighted by Crippen LogP contribution is -2.56. The second kappa shape index (κ2) is 13.3. The second-order valence-corrected chi connectivity index (χ2v) is 12.3. The van der Waals surface area contributed by atoms with E-state index in [9.17, 15) is 14.4 Å². The van der Waals surface area contributed by atoms with E-state index in [4.69, 9.17) is 10.5 Å². The van der Waals surface area contributed by atoms with E-state index in [-0.39, 0.29) is 30.4 Å². The molecule has 3 aromatic rings. The Hall–Kier alpha value is -4.02. The molecule has 2 atom stereocenters. The Kier molecular flexibility index (Phi) is 9.80. The summed E-state index contributed by atoms with van der Waals surface area (Å²) in [6.07, 6.45) is 5.20. The number of piperidine rings is 1. The van der Waals surface area contributed by atoms with E-state index in [0.29, 0.717) is 13.1 Å². The predicted octanol–water partition coefficient (Wildman–Crippen LogP) is 3.50. The van der Waals surface area contributed by atoms with Gasteiger partial charge >= 0.3 is 0 Å². The Morgan fingerprint density at radius 3 is 2.38 bits per heavy atom. The molecule has 0 radical (unpaired) electrons. The number of imidazole rings is 1. The first kappa shape index (κ1) is 30.9. The molecule has 0 bridgehead atoms. The molecule has 4 N–H and O–H groups in total. The number of rotatable bonds is 11. The summed E-state index contributed by atoms with van der Waals surface area (Å²) in [5.41, 5.74) is 6.58. The van der Waals surface area contributed by atoms with Gasteiger partial charge in [0.2, 0.25) is 11.8 Å². The van der Waals surface area contributed by atoms with Gasteiger partial charge in [-0.25, -0.2) is 4.98 Å². The van der Waals surface area contributed by atoms with Crippen LogP contribution in [0.15, 0.2) is 73.2 Å². The lowest BCUT2D eigenvalue weighted by molar-refractivity contribution is -0.136. The fourth-order valence-electron chi connectivity index (χ4n) is 5.01. The Morgan fingerprint density at radius 2 is 1.74 bits per heavy atom. The zero-order chi connectivity index (χ0) is 30.3. The Labute approximate surface area is 247 Å². The number of ether oxygens (including phenoxy) is 1. The van der Waals surface area contributed by atoms with Crippen LogP contribution in [0.25, 0.3) is 0 Å². The third kappa shape index (κ3) is 8.27. The van der Waals surface area contributed by atoms with Gasteiger partial charge in [-0.05, 0) is 43.2 Å². The first-order valence-corrected chi connectivity index (χ1v) is 14.3. The third-order valence-corrected chi connectivity index (χ3v) is 7.32. The maximum atomic E-state index is 13.9. The number of nitrogens with one attached hydrogen (secondary N) is 2. The lowest BCUT2D eigenvalue weighted by Gasteiger charge is -2.39. The predicted molar refractivity (Wildman–Crippen MR) is 161 cm³/mol. The molecule has 3 amide bonds. The molecule has 1 saturated heterocycles. The number of carbonyl (C=O) groups is 3. The smallest absolute Gasteiger partial charge is 0.250 e. The summed E-state index contributed by atoms with van der Waals surface area (Å²) in [6, 6.07) is 17.4. The number of anilines is 1. The van der Waals surface area contributed by atoms with Crippen LogP contribution in [0, 0.1) is 5.41 Å². The van der Waals surface area contributed by atoms with Gasteiger partial charge in [0.15, 0.2) is 5.82 Å². The minimum Gasteiger partial charge on any atom is -0.374 e. The summed E-state index contributed by atoms with van der Waals surface area (Å²) >= 11 is 0. The van der Waals surface area contributed by atoms with Crippen molar-refractivity contribution in [3.8, 4) is 0 Å². The molecule has 224 valence electrons. The molecule has 1 aliphatic rings. The summed E-state index contributed by atoms with van der Waals surface area (Å²) < 4.78 is 7.50. The summed E-state index contributed by atoms with van der Waals surface area (Å²) in [5, 5.41) is 5.47. The number of amides is 3. The fourth-order valence-corrected chi connectivity index (χ4v) is 5.01. The van der Waals surface area contributed by atoms with Crippen LogP contribution in [0.4, 0.5) is 5.82 Å². The molecule has 4 rings (SSSR count). The van der Waals surface area contributed by atoms with E-state index in [1.807, 2.05) is 65.6 Å². The van der Waals surface area contributed by atoms with E-state index >= 15 is 0 Å². The molecular weight excluding hydrogens is 532 g/mol. The third-order valence-electron chi connectivity index (χ3n) is 7.32. The summed E-state index contributed by atoms with van der Waals surface area (Å²) in [7, 11) is 0. The quantitative estimate of drug-likeness (QED) is 0.321. The average molecular weight is 575 g/mol. The highest BCUT2D eigenvalue weighted by Gasteiger charge is 2.34. The van der Waals surface area contributed by atoms with Crippen molar-refractivity contribution in [1.82, 2.24) is 19.8 Å². The van der Waals surface area contributed by atoms with Gasteiger partial charge in [-0.2, -0.15) is 0 Å². The Balaban J connectivity index is 1.51. The molecule has 1 aromatic heterocycles. The highest BCUT2D eigenvalue weighted by atomic mass is 16.5. The summed E-state index contributed by atoms with van der Waals surface area (Å²) in [4.78, 5) is 46.2. The van der Waals surface area contributed by atoms with Gasteiger partial charge < -0.3 is 30.6 Å². The number of likely N-dealkylation sites (tertiary alicyclic amines) is 1. The molecular formula is C32H42N6O4. The number of aromatic nitrogens is 2. The Bertz CT molecular complexity index is 1350. The van der Waals surface area contributed by atoms with Crippen molar-refractivity contribution in [3.63, 3.8) is 0 Å². The van der Waals surface area contributed by atoms with Gasteiger partial charge in [0.05, 0.1) is 25.1 Å². The Morgan fingerprint density at radius 1 is 1.07 bits per heavy atom. The van der Waals surface area contributed by atoms with Crippen LogP contribution in [0.5, 0.6) is 0 Å². The highest BCUT2D eigenvalue weighted by Crippen LogP contribution is 2.31. The summed E-state index contributed by atoms with van der Waals surface area (Å²) in [6.45, 7) is 9.07. The van der Waals surface area contributed by atoms with Crippen LogP contribution in [-0.2, 0) is 25.7 Å². The number of benzene rings is 2. The number of nitrogens with two attached hydrogens (primary N) is 1. The standard InChI is InChI=1S/C32H42N6O4/c1-31(2)16-11-17-37(21-31)29(40)27(24-14-9-6-10-15-24)38-18-26(34-22-38)36-28(39)25(35-30(41)32(3,4)33)20-42-19-23-12-7-5-8-13-23/h5-10,12-15,18,22,25,27H,11,16-17,19-21,33H2,1-4H3,(H,35,41)(H,36,39). The lowest BCUT2D eigenvalue weighted by atomic mass is 9.84. The zero-order valence-corrected chi connectivity index (χ0v) is 24.9. The average Bonchev–Trinajstić information content (AvgIpc) is 3.40. The van der Waals surface area contributed by atoms with Crippen LogP contribution in [0.3, 0.4) is 0 Å². The minimum atomic E-state index is -1.19. The van der Waals surface area contributed by atoms with Crippen LogP contribution >= 0.6 is 0 Å². The molecule has 0 saturated carbocycles. The normalized spacial score (nSPS) is 16.4. The molecule has 2 unspecified atom stereocenters. The number of carbonyl (C=O) groups excluding carboxylic acids is 3.